The summed E-state index contributed by atoms with van der Waals surface area (Å²) in [5.74, 6) is 0.576. The SMILES string of the molecule is Cc1cccc(C(Nc2ccc3nnc(-c4ccccc4F)n3n2)c2ccccn2)c1. The van der Waals surface area contributed by atoms with E-state index >= 15 is 0 Å². The summed E-state index contributed by atoms with van der Waals surface area (Å²) in [6.07, 6.45) is 1.77. The molecule has 152 valence electrons. The van der Waals surface area contributed by atoms with E-state index in [9.17, 15) is 4.39 Å². The molecule has 1 N–H and O–H groups in total. The van der Waals surface area contributed by atoms with Crippen molar-refractivity contribution < 1.29 is 4.39 Å². The largest absolute Gasteiger partial charge is 0.356 e. The number of hydrogen-bond acceptors (Lipinski definition) is 5. The first-order valence-electron chi connectivity index (χ1n) is 9.90. The molecule has 3 heterocycles. The minimum absolute atomic E-state index is 0.209. The summed E-state index contributed by atoms with van der Waals surface area (Å²) in [5.41, 5.74) is 3.98. The number of anilines is 1. The van der Waals surface area contributed by atoms with Crippen LogP contribution in [0.1, 0.15) is 22.9 Å². The van der Waals surface area contributed by atoms with Crippen LogP contribution >= 0.6 is 0 Å². The first-order valence-corrected chi connectivity index (χ1v) is 9.90. The maximum atomic E-state index is 14.3. The van der Waals surface area contributed by atoms with Gasteiger partial charge in [-0.3, -0.25) is 4.98 Å². The van der Waals surface area contributed by atoms with Gasteiger partial charge in [-0.05, 0) is 48.9 Å². The molecular weight excluding hydrogens is 391 g/mol. The predicted molar refractivity (Wildman–Crippen MR) is 117 cm³/mol. The third-order valence-corrected chi connectivity index (χ3v) is 5.03. The molecule has 0 saturated carbocycles. The van der Waals surface area contributed by atoms with Crippen LogP contribution in [0.3, 0.4) is 0 Å². The van der Waals surface area contributed by atoms with E-state index in [1.807, 2.05) is 30.3 Å². The second-order valence-corrected chi connectivity index (χ2v) is 7.24. The standard InChI is InChI=1S/C24H19FN6/c1-16-7-6-8-17(15-16)23(20-11-4-5-14-26-20)27-21-12-13-22-28-29-24(31(22)30-21)18-9-2-3-10-19(18)25/h2-15,23H,1H3,(H,27,30). The maximum absolute atomic E-state index is 14.3. The van der Waals surface area contributed by atoms with E-state index in [0.717, 1.165) is 16.8 Å². The van der Waals surface area contributed by atoms with Gasteiger partial charge in [0, 0.05) is 6.20 Å². The molecule has 1 unspecified atom stereocenters. The molecule has 31 heavy (non-hydrogen) atoms. The quantitative estimate of drug-likeness (QED) is 0.449. The molecule has 0 amide bonds. The molecule has 2 aromatic carbocycles. The highest BCUT2D eigenvalue weighted by molar-refractivity contribution is 5.60. The topological polar surface area (TPSA) is 68.0 Å². The first kappa shape index (κ1) is 18.9. The monoisotopic (exact) mass is 410 g/mol. The van der Waals surface area contributed by atoms with Crippen molar-refractivity contribution in [1.82, 2.24) is 24.8 Å². The van der Waals surface area contributed by atoms with E-state index in [1.54, 1.807) is 35.0 Å². The fourth-order valence-electron chi connectivity index (χ4n) is 3.55. The zero-order valence-electron chi connectivity index (χ0n) is 16.8. The van der Waals surface area contributed by atoms with Gasteiger partial charge in [0.1, 0.15) is 11.6 Å². The molecule has 3 aromatic heterocycles. The van der Waals surface area contributed by atoms with Crippen molar-refractivity contribution in [3.05, 3.63) is 108 Å². The van der Waals surface area contributed by atoms with Gasteiger partial charge < -0.3 is 5.32 Å². The van der Waals surface area contributed by atoms with E-state index in [2.05, 4.69) is 50.7 Å². The lowest BCUT2D eigenvalue weighted by Crippen LogP contribution is -2.15. The minimum Gasteiger partial charge on any atom is -0.356 e. The Bertz CT molecular complexity index is 1350. The number of pyridine rings is 1. The van der Waals surface area contributed by atoms with Gasteiger partial charge >= 0.3 is 0 Å². The molecule has 0 fully saturated rings. The lowest BCUT2D eigenvalue weighted by Gasteiger charge is -2.20. The number of halogens is 1. The summed E-state index contributed by atoms with van der Waals surface area (Å²) >= 11 is 0. The number of aromatic nitrogens is 5. The molecule has 5 aromatic rings. The number of benzene rings is 2. The van der Waals surface area contributed by atoms with E-state index in [4.69, 9.17) is 0 Å². The van der Waals surface area contributed by atoms with Crippen LogP contribution in [0.4, 0.5) is 10.2 Å². The Kier molecular flexibility index (Phi) is 4.84. The Labute approximate surface area is 178 Å². The van der Waals surface area contributed by atoms with Crippen molar-refractivity contribution in [2.24, 2.45) is 0 Å². The Hall–Kier alpha value is -4.13. The second kappa shape index (κ2) is 7.95. The van der Waals surface area contributed by atoms with Crippen molar-refractivity contribution in [3.63, 3.8) is 0 Å². The van der Waals surface area contributed by atoms with Gasteiger partial charge in [-0.1, -0.05) is 48.0 Å². The van der Waals surface area contributed by atoms with Crippen LogP contribution in [0, 0.1) is 12.7 Å². The molecular formula is C24H19FN6. The Morgan fingerprint density at radius 1 is 0.903 bits per heavy atom. The van der Waals surface area contributed by atoms with Gasteiger partial charge in [0.05, 0.1) is 17.3 Å². The van der Waals surface area contributed by atoms with Gasteiger partial charge in [0.25, 0.3) is 0 Å². The number of hydrogen-bond donors (Lipinski definition) is 1. The van der Waals surface area contributed by atoms with Crippen molar-refractivity contribution in [2.75, 3.05) is 5.32 Å². The van der Waals surface area contributed by atoms with Crippen LogP contribution in [0.15, 0.2) is 85.1 Å². The van der Waals surface area contributed by atoms with Crippen molar-refractivity contribution in [3.8, 4) is 11.4 Å². The third kappa shape index (κ3) is 3.73. The van der Waals surface area contributed by atoms with Crippen molar-refractivity contribution in [2.45, 2.75) is 13.0 Å². The fraction of sp³-hybridized carbons (Fsp3) is 0.0833. The number of rotatable bonds is 5. The summed E-state index contributed by atoms with van der Waals surface area (Å²) in [6, 6.07) is 24.0. The summed E-state index contributed by atoms with van der Waals surface area (Å²) in [4.78, 5) is 4.54. The Balaban J connectivity index is 1.58. The lowest BCUT2D eigenvalue weighted by atomic mass is 10.0. The number of aryl methyl sites for hydroxylation is 1. The number of nitrogens with zero attached hydrogens (tertiary/aromatic N) is 5. The summed E-state index contributed by atoms with van der Waals surface area (Å²) in [6.45, 7) is 2.06. The van der Waals surface area contributed by atoms with Crippen LogP contribution in [0.5, 0.6) is 0 Å². The fourth-order valence-corrected chi connectivity index (χ4v) is 3.55. The lowest BCUT2D eigenvalue weighted by molar-refractivity contribution is 0.629. The smallest absolute Gasteiger partial charge is 0.188 e. The molecule has 0 saturated heterocycles. The number of fused-ring (bicyclic) bond motifs is 1. The van der Waals surface area contributed by atoms with E-state index in [-0.39, 0.29) is 11.9 Å². The van der Waals surface area contributed by atoms with Crippen LogP contribution in [0.25, 0.3) is 17.0 Å². The summed E-state index contributed by atoms with van der Waals surface area (Å²) in [5, 5.41) is 16.4. The van der Waals surface area contributed by atoms with Gasteiger partial charge in [0.2, 0.25) is 0 Å². The normalized spacial score (nSPS) is 12.1. The van der Waals surface area contributed by atoms with Crippen LogP contribution in [-0.4, -0.2) is 24.8 Å². The van der Waals surface area contributed by atoms with Gasteiger partial charge in [0.15, 0.2) is 11.5 Å². The van der Waals surface area contributed by atoms with E-state index < -0.39 is 0 Å². The molecule has 5 rings (SSSR count). The minimum atomic E-state index is -0.372. The summed E-state index contributed by atoms with van der Waals surface area (Å²) in [7, 11) is 0. The average Bonchev–Trinajstić information content (AvgIpc) is 3.21. The molecule has 0 bridgehead atoms. The molecule has 0 aliphatic rings. The third-order valence-electron chi connectivity index (χ3n) is 5.03. The highest BCUT2D eigenvalue weighted by atomic mass is 19.1. The highest BCUT2D eigenvalue weighted by Gasteiger charge is 2.18. The molecule has 0 aliphatic carbocycles. The van der Waals surface area contributed by atoms with Gasteiger partial charge in [-0.15, -0.1) is 15.3 Å². The van der Waals surface area contributed by atoms with Crippen LogP contribution < -0.4 is 5.32 Å². The molecule has 7 heteroatoms. The zero-order chi connectivity index (χ0) is 21.2. The van der Waals surface area contributed by atoms with E-state index in [0.29, 0.717) is 22.9 Å². The molecule has 6 nitrogen and oxygen atoms in total. The van der Waals surface area contributed by atoms with Crippen LogP contribution in [-0.2, 0) is 0 Å². The molecule has 0 radical (unpaired) electrons. The predicted octanol–water partition coefficient (Wildman–Crippen LogP) is 4.84. The summed E-state index contributed by atoms with van der Waals surface area (Å²) < 4.78 is 15.9. The Morgan fingerprint density at radius 3 is 2.58 bits per heavy atom. The van der Waals surface area contributed by atoms with Crippen molar-refractivity contribution >= 4 is 11.5 Å². The first-order chi connectivity index (χ1) is 15.2. The number of nitrogens with one attached hydrogen (secondary N) is 1. The maximum Gasteiger partial charge on any atom is 0.188 e. The van der Waals surface area contributed by atoms with Crippen LogP contribution in [0.2, 0.25) is 0 Å². The second-order valence-electron chi connectivity index (χ2n) is 7.24. The molecule has 0 spiro atoms. The van der Waals surface area contributed by atoms with Gasteiger partial charge in [-0.25, -0.2) is 4.39 Å². The zero-order valence-corrected chi connectivity index (χ0v) is 16.8. The molecule has 0 aliphatic heterocycles. The molecule has 1 atom stereocenters. The van der Waals surface area contributed by atoms with E-state index in [1.165, 1.54) is 6.07 Å². The average molecular weight is 410 g/mol. The van der Waals surface area contributed by atoms with Gasteiger partial charge in [-0.2, -0.15) is 4.52 Å². The highest BCUT2D eigenvalue weighted by Crippen LogP contribution is 2.26. The Morgan fingerprint density at radius 2 is 1.77 bits per heavy atom. The van der Waals surface area contributed by atoms with Crippen molar-refractivity contribution in [1.29, 1.82) is 0 Å².